The molecular formula is C21H26F2N2O2. The van der Waals surface area contributed by atoms with Crippen LogP contribution in [0.25, 0.3) is 0 Å². The van der Waals surface area contributed by atoms with Gasteiger partial charge in [-0.25, -0.2) is 8.78 Å². The second kappa shape index (κ2) is 9.67. The molecule has 1 aliphatic rings. The maximum absolute atomic E-state index is 13.2. The first-order chi connectivity index (χ1) is 13.2. The lowest BCUT2D eigenvalue weighted by atomic mass is 10.0. The van der Waals surface area contributed by atoms with Crippen LogP contribution >= 0.6 is 0 Å². The van der Waals surface area contributed by atoms with E-state index in [1.165, 1.54) is 0 Å². The first-order valence-electron chi connectivity index (χ1n) is 9.25. The van der Waals surface area contributed by atoms with E-state index in [-0.39, 0.29) is 12.5 Å². The van der Waals surface area contributed by atoms with Crippen LogP contribution < -0.4 is 14.8 Å². The monoisotopic (exact) mass is 376 g/mol. The normalized spacial score (nSPS) is 16.3. The van der Waals surface area contributed by atoms with Crippen LogP contribution in [-0.4, -0.2) is 44.6 Å². The lowest BCUT2D eigenvalue weighted by Gasteiger charge is -2.35. The minimum Gasteiger partial charge on any atom is -0.493 e. The van der Waals surface area contributed by atoms with Crippen LogP contribution in [0.5, 0.6) is 11.5 Å². The number of alkyl halides is 2. The molecule has 1 atom stereocenters. The smallest absolute Gasteiger partial charge is 0.240 e. The molecule has 1 fully saturated rings. The first kappa shape index (κ1) is 19.6. The predicted molar refractivity (Wildman–Crippen MR) is 102 cm³/mol. The highest BCUT2D eigenvalue weighted by Gasteiger charge is 2.26. The number of ether oxygens (including phenoxy) is 2. The van der Waals surface area contributed by atoms with Gasteiger partial charge in [0.05, 0.1) is 7.11 Å². The molecule has 1 heterocycles. The molecule has 3 rings (SSSR count). The third-order valence-corrected chi connectivity index (χ3v) is 4.80. The van der Waals surface area contributed by atoms with Crippen molar-refractivity contribution in [3.8, 4) is 11.5 Å². The average Bonchev–Trinajstić information content (AvgIpc) is 2.71. The van der Waals surface area contributed by atoms with Crippen LogP contribution in [0.2, 0.25) is 0 Å². The van der Waals surface area contributed by atoms with Gasteiger partial charge in [-0.3, -0.25) is 4.90 Å². The van der Waals surface area contributed by atoms with Gasteiger partial charge >= 0.3 is 0 Å². The molecule has 27 heavy (non-hydrogen) atoms. The lowest BCUT2D eigenvalue weighted by molar-refractivity contribution is 0.0737. The van der Waals surface area contributed by atoms with Crippen molar-refractivity contribution in [3.05, 3.63) is 59.7 Å². The van der Waals surface area contributed by atoms with Crippen molar-refractivity contribution < 1.29 is 18.3 Å². The van der Waals surface area contributed by atoms with Crippen LogP contribution in [0.15, 0.2) is 48.5 Å². The zero-order chi connectivity index (χ0) is 19.1. The van der Waals surface area contributed by atoms with Gasteiger partial charge in [-0.1, -0.05) is 36.4 Å². The highest BCUT2D eigenvalue weighted by Crippen LogP contribution is 2.35. The molecule has 0 spiro atoms. The summed E-state index contributed by atoms with van der Waals surface area (Å²) >= 11 is 0. The zero-order valence-electron chi connectivity index (χ0n) is 15.5. The molecule has 0 unspecified atom stereocenters. The summed E-state index contributed by atoms with van der Waals surface area (Å²) in [7, 11) is 1.58. The fraction of sp³-hybridized carbons (Fsp3) is 0.429. The summed E-state index contributed by atoms with van der Waals surface area (Å²) in [5.41, 5.74) is 1.87. The van der Waals surface area contributed by atoms with Crippen molar-refractivity contribution in [2.75, 3.05) is 33.3 Å². The number of hydrogen-bond acceptors (Lipinski definition) is 4. The summed E-state index contributed by atoms with van der Waals surface area (Å²) in [5, 5.41) is 3.27. The minimum absolute atomic E-state index is 0.190. The van der Waals surface area contributed by atoms with Gasteiger partial charge in [0, 0.05) is 38.6 Å². The molecule has 0 aliphatic carbocycles. The van der Waals surface area contributed by atoms with Crippen molar-refractivity contribution >= 4 is 0 Å². The highest BCUT2D eigenvalue weighted by atomic mass is 19.3. The Morgan fingerprint density at radius 2 is 1.78 bits per heavy atom. The molecule has 2 aromatic rings. The minimum atomic E-state index is -2.36. The predicted octanol–water partition coefficient (Wildman–Crippen LogP) is 3.88. The number of methoxy groups -OCH3 is 1. The topological polar surface area (TPSA) is 33.7 Å². The van der Waals surface area contributed by atoms with E-state index in [0.717, 1.165) is 37.3 Å². The van der Waals surface area contributed by atoms with Gasteiger partial charge in [0.25, 0.3) is 0 Å². The molecule has 2 aromatic carbocycles. The Labute approximate surface area is 159 Å². The zero-order valence-corrected chi connectivity index (χ0v) is 15.5. The fourth-order valence-corrected chi connectivity index (χ4v) is 3.41. The van der Waals surface area contributed by atoms with Crippen molar-refractivity contribution in [1.82, 2.24) is 10.2 Å². The van der Waals surface area contributed by atoms with Crippen LogP contribution in [0.3, 0.4) is 0 Å². The molecule has 0 radical (unpaired) electrons. The number of nitrogens with one attached hydrogen (secondary N) is 1. The van der Waals surface area contributed by atoms with Crippen molar-refractivity contribution in [2.24, 2.45) is 0 Å². The van der Waals surface area contributed by atoms with Crippen molar-refractivity contribution in [3.63, 3.8) is 0 Å². The number of benzene rings is 2. The van der Waals surface area contributed by atoms with E-state index in [1.54, 1.807) is 13.2 Å². The summed E-state index contributed by atoms with van der Waals surface area (Å²) < 4.78 is 37.8. The van der Waals surface area contributed by atoms with Gasteiger partial charge in [0.2, 0.25) is 6.43 Å². The Morgan fingerprint density at radius 1 is 1.04 bits per heavy atom. The van der Waals surface area contributed by atoms with Gasteiger partial charge < -0.3 is 14.8 Å². The van der Waals surface area contributed by atoms with E-state index in [0.29, 0.717) is 18.1 Å². The van der Waals surface area contributed by atoms with Gasteiger partial charge in [0.1, 0.15) is 6.61 Å². The van der Waals surface area contributed by atoms with Gasteiger partial charge in [-0.15, -0.1) is 0 Å². The Morgan fingerprint density at radius 3 is 2.44 bits per heavy atom. The third-order valence-electron chi connectivity index (χ3n) is 4.80. The van der Waals surface area contributed by atoms with Crippen molar-refractivity contribution in [2.45, 2.75) is 25.5 Å². The van der Waals surface area contributed by atoms with Gasteiger partial charge in [0.15, 0.2) is 11.5 Å². The second-order valence-electron chi connectivity index (χ2n) is 6.61. The summed E-state index contributed by atoms with van der Waals surface area (Å²) in [5.74, 6) is 1.18. The van der Waals surface area contributed by atoms with Crippen LogP contribution in [-0.2, 0) is 6.61 Å². The summed E-state index contributed by atoms with van der Waals surface area (Å²) in [4.78, 5) is 2.12. The molecule has 1 N–H and O–H groups in total. The van der Waals surface area contributed by atoms with E-state index < -0.39 is 6.43 Å². The Bertz CT molecular complexity index is 707. The number of halogens is 2. The van der Waals surface area contributed by atoms with Crippen LogP contribution in [0.1, 0.15) is 23.6 Å². The van der Waals surface area contributed by atoms with E-state index in [9.17, 15) is 8.78 Å². The quantitative estimate of drug-likeness (QED) is 0.758. The standard InChI is InChI=1S/C21H26F2N2O2/c1-26-19-8-7-17(13-20(19)27-15-16-5-3-2-4-6-16)18(14-21(22)23)25-11-9-24-10-12-25/h2-8,13,18,21,24H,9-12,14-15H2,1H3/t18-/m1/s1. The summed E-state index contributed by atoms with van der Waals surface area (Å²) in [6.45, 7) is 3.53. The molecule has 0 amide bonds. The molecule has 6 heteroatoms. The third kappa shape index (κ3) is 5.40. The molecule has 146 valence electrons. The molecule has 0 saturated carbocycles. The fourth-order valence-electron chi connectivity index (χ4n) is 3.41. The molecule has 4 nitrogen and oxygen atoms in total. The molecule has 1 aliphatic heterocycles. The first-order valence-corrected chi connectivity index (χ1v) is 9.25. The lowest BCUT2D eigenvalue weighted by Crippen LogP contribution is -2.45. The summed E-state index contributed by atoms with van der Waals surface area (Å²) in [6, 6.07) is 15.0. The number of hydrogen-bond donors (Lipinski definition) is 1. The second-order valence-corrected chi connectivity index (χ2v) is 6.61. The number of nitrogens with zero attached hydrogens (tertiary/aromatic N) is 1. The van der Waals surface area contributed by atoms with Gasteiger partial charge in [-0.2, -0.15) is 0 Å². The average molecular weight is 376 g/mol. The Hall–Kier alpha value is -2.18. The van der Waals surface area contributed by atoms with Gasteiger partial charge in [-0.05, 0) is 23.3 Å². The maximum atomic E-state index is 13.2. The molecule has 1 saturated heterocycles. The Balaban J connectivity index is 1.82. The number of piperazine rings is 1. The van der Waals surface area contributed by atoms with E-state index >= 15 is 0 Å². The number of rotatable bonds is 8. The maximum Gasteiger partial charge on any atom is 0.240 e. The SMILES string of the molecule is COc1ccc([C@@H](CC(F)F)N2CCNCC2)cc1OCc1ccccc1. The molecule has 0 bridgehead atoms. The van der Waals surface area contributed by atoms with E-state index in [1.807, 2.05) is 42.5 Å². The van der Waals surface area contributed by atoms with E-state index in [4.69, 9.17) is 9.47 Å². The van der Waals surface area contributed by atoms with Crippen LogP contribution in [0, 0.1) is 0 Å². The Kier molecular flexibility index (Phi) is 7.01. The largest absolute Gasteiger partial charge is 0.493 e. The summed E-state index contributed by atoms with van der Waals surface area (Å²) in [6.07, 6.45) is -2.55. The highest BCUT2D eigenvalue weighted by molar-refractivity contribution is 5.44. The van der Waals surface area contributed by atoms with Crippen LogP contribution in [0.4, 0.5) is 8.78 Å². The van der Waals surface area contributed by atoms with E-state index in [2.05, 4.69) is 10.2 Å². The molecular weight excluding hydrogens is 350 g/mol. The molecule has 0 aromatic heterocycles. The van der Waals surface area contributed by atoms with Crippen molar-refractivity contribution in [1.29, 1.82) is 0 Å².